The van der Waals surface area contributed by atoms with Gasteiger partial charge >= 0.3 is 0 Å². The Morgan fingerprint density at radius 3 is 2.64 bits per heavy atom. The van der Waals surface area contributed by atoms with Crippen molar-refractivity contribution < 1.29 is 13.9 Å². The fourth-order valence-electron chi connectivity index (χ4n) is 1.35. The van der Waals surface area contributed by atoms with Gasteiger partial charge in [-0.15, -0.1) is 0 Å². The topological polar surface area (TPSA) is 46.2 Å². The standard InChI is InChI=1S/C10H13F2NO/c1-6-8(10(13)2-3-14)4-7(11)5-9(6)12/h4-5,10,14H,2-3,13H2,1H3/t10-/m1/s1. The Balaban J connectivity index is 3.07. The summed E-state index contributed by atoms with van der Waals surface area (Å²) >= 11 is 0. The number of aliphatic hydroxyl groups is 1. The highest BCUT2D eigenvalue weighted by Gasteiger charge is 2.13. The maximum atomic E-state index is 13.1. The monoisotopic (exact) mass is 201 g/mol. The van der Waals surface area contributed by atoms with Crippen molar-refractivity contribution >= 4 is 0 Å². The molecule has 0 aromatic heterocycles. The molecule has 0 radical (unpaired) electrons. The number of rotatable bonds is 3. The van der Waals surface area contributed by atoms with Gasteiger partial charge in [-0.2, -0.15) is 0 Å². The summed E-state index contributed by atoms with van der Waals surface area (Å²) in [5.41, 5.74) is 6.40. The molecule has 0 fully saturated rings. The summed E-state index contributed by atoms with van der Waals surface area (Å²) in [7, 11) is 0. The van der Waals surface area contributed by atoms with Crippen LogP contribution in [0.3, 0.4) is 0 Å². The molecule has 1 atom stereocenters. The van der Waals surface area contributed by atoms with E-state index in [0.717, 1.165) is 6.07 Å². The molecule has 0 saturated carbocycles. The van der Waals surface area contributed by atoms with Gasteiger partial charge in [0.05, 0.1) is 0 Å². The Morgan fingerprint density at radius 2 is 2.07 bits per heavy atom. The van der Waals surface area contributed by atoms with Gasteiger partial charge in [-0.3, -0.25) is 0 Å². The second-order valence-corrected chi connectivity index (χ2v) is 3.22. The van der Waals surface area contributed by atoms with Gasteiger partial charge in [0, 0.05) is 18.7 Å². The van der Waals surface area contributed by atoms with Crippen LogP contribution in [0.4, 0.5) is 8.78 Å². The lowest BCUT2D eigenvalue weighted by Gasteiger charge is -2.14. The maximum Gasteiger partial charge on any atom is 0.129 e. The summed E-state index contributed by atoms with van der Waals surface area (Å²) in [5, 5.41) is 8.66. The molecule has 0 aliphatic rings. The van der Waals surface area contributed by atoms with Crippen LogP contribution in [-0.2, 0) is 0 Å². The van der Waals surface area contributed by atoms with Crippen molar-refractivity contribution in [2.45, 2.75) is 19.4 Å². The second kappa shape index (κ2) is 4.48. The van der Waals surface area contributed by atoms with E-state index >= 15 is 0 Å². The first-order valence-electron chi connectivity index (χ1n) is 4.38. The predicted molar refractivity (Wildman–Crippen MR) is 49.7 cm³/mol. The van der Waals surface area contributed by atoms with Crippen LogP contribution in [0.1, 0.15) is 23.6 Å². The van der Waals surface area contributed by atoms with Gasteiger partial charge in [-0.05, 0) is 30.5 Å². The van der Waals surface area contributed by atoms with Crippen molar-refractivity contribution in [2.24, 2.45) is 5.73 Å². The van der Waals surface area contributed by atoms with E-state index in [-0.39, 0.29) is 6.61 Å². The molecule has 0 unspecified atom stereocenters. The lowest BCUT2D eigenvalue weighted by atomic mass is 9.99. The third-order valence-corrected chi connectivity index (χ3v) is 2.19. The van der Waals surface area contributed by atoms with Crippen LogP contribution in [0, 0.1) is 18.6 Å². The van der Waals surface area contributed by atoms with Crippen molar-refractivity contribution in [3.63, 3.8) is 0 Å². The zero-order valence-electron chi connectivity index (χ0n) is 7.93. The van der Waals surface area contributed by atoms with E-state index in [1.54, 1.807) is 6.92 Å². The number of hydrogen-bond acceptors (Lipinski definition) is 2. The average Bonchev–Trinajstić information content (AvgIpc) is 2.11. The second-order valence-electron chi connectivity index (χ2n) is 3.22. The fourth-order valence-corrected chi connectivity index (χ4v) is 1.35. The summed E-state index contributed by atoms with van der Waals surface area (Å²) in [4.78, 5) is 0. The van der Waals surface area contributed by atoms with Gasteiger partial charge in [0.2, 0.25) is 0 Å². The van der Waals surface area contributed by atoms with Crippen LogP contribution in [0.25, 0.3) is 0 Å². The van der Waals surface area contributed by atoms with Crippen LogP contribution in [0.15, 0.2) is 12.1 Å². The quantitative estimate of drug-likeness (QED) is 0.781. The molecule has 1 aromatic rings. The first kappa shape index (κ1) is 11.1. The van der Waals surface area contributed by atoms with Crippen molar-refractivity contribution in [3.05, 3.63) is 34.9 Å². The molecular weight excluding hydrogens is 188 g/mol. The SMILES string of the molecule is Cc1c(F)cc(F)cc1[C@H](N)CCO. The van der Waals surface area contributed by atoms with E-state index in [9.17, 15) is 8.78 Å². The van der Waals surface area contributed by atoms with Gasteiger partial charge in [-0.25, -0.2) is 8.78 Å². The molecule has 14 heavy (non-hydrogen) atoms. The molecule has 0 bridgehead atoms. The van der Waals surface area contributed by atoms with Crippen molar-refractivity contribution in [2.75, 3.05) is 6.61 Å². The fraction of sp³-hybridized carbons (Fsp3) is 0.400. The van der Waals surface area contributed by atoms with Crippen molar-refractivity contribution in [1.82, 2.24) is 0 Å². The average molecular weight is 201 g/mol. The number of halogens is 2. The van der Waals surface area contributed by atoms with Crippen LogP contribution in [0.5, 0.6) is 0 Å². The first-order valence-corrected chi connectivity index (χ1v) is 4.38. The number of benzene rings is 1. The zero-order valence-corrected chi connectivity index (χ0v) is 7.93. The molecule has 78 valence electrons. The Hall–Kier alpha value is -1.00. The molecule has 2 nitrogen and oxygen atoms in total. The molecule has 1 aromatic carbocycles. The lowest BCUT2D eigenvalue weighted by Crippen LogP contribution is -2.14. The highest BCUT2D eigenvalue weighted by atomic mass is 19.1. The van der Waals surface area contributed by atoms with Crippen LogP contribution < -0.4 is 5.73 Å². The van der Waals surface area contributed by atoms with Gasteiger partial charge in [0.1, 0.15) is 11.6 Å². The van der Waals surface area contributed by atoms with Crippen LogP contribution >= 0.6 is 0 Å². The first-order chi connectivity index (χ1) is 6.56. The molecule has 0 spiro atoms. The largest absolute Gasteiger partial charge is 0.396 e. The molecular formula is C10H13F2NO. The molecule has 4 heteroatoms. The molecule has 3 N–H and O–H groups in total. The molecule has 1 rings (SSSR count). The van der Waals surface area contributed by atoms with Crippen molar-refractivity contribution in [1.29, 1.82) is 0 Å². The van der Waals surface area contributed by atoms with Crippen LogP contribution in [-0.4, -0.2) is 11.7 Å². The van der Waals surface area contributed by atoms with E-state index < -0.39 is 17.7 Å². The summed E-state index contributed by atoms with van der Waals surface area (Å²) in [6, 6.07) is 1.51. The van der Waals surface area contributed by atoms with Crippen LogP contribution in [0.2, 0.25) is 0 Å². The summed E-state index contributed by atoms with van der Waals surface area (Å²) < 4.78 is 25.9. The summed E-state index contributed by atoms with van der Waals surface area (Å²) in [5.74, 6) is -1.25. The minimum absolute atomic E-state index is 0.0985. The Labute approximate surface area is 81.4 Å². The Bertz CT molecular complexity index is 328. The number of hydrogen-bond donors (Lipinski definition) is 2. The maximum absolute atomic E-state index is 13.1. The minimum atomic E-state index is -0.642. The van der Waals surface area contributed by atoms with E-state index in [1.165, 1.54) is 6.07 Å². The zero-order chi connectivity index (χ0) is 10.7. The van der Waals surface area contributed by atoms with E-state index in [0.29, 0.717) is 17.5 Å². The lowest BCUT2D eigenvalue weighted by molar-refractivity contribution is 0.276. The normalized spacial score (nSPS) is 12.9. The highest BCUT2D eigenvalue weighted by Crippen LogP contribution is 2.21. The molecule has 0 saturated heterocycles. The van der Waals surface area contributed by atoms with Gasteiger partial charge in [0.15, 0.2) is 0 Å². The minimum Gasteiger partial charge on any atom is -0.396 e. The van der Waals surface area contributed by atoms with E-state index in [2.05, 4.69) is 0 Å². The van der Waals surface area contributed by atoms with Gasteiger partial charge in [-0.1, -0.05) is 0 Å². The third kappa shape index (κ3) is 2.27. The Morgan fingerprint density at radius 1 is 1.43 bits per heavy atom. The van der Waals surface area contributed by atoms with Gasteiger partial charge < -0.3 is 10.8 Å². The smallest absolute Gasteiger partial charge is 0.129 e. The van der Waals surface area contributed by atoms with Gasteiger partial charge in [0.25, 0.3) is 0 Å². The molecule has 0 aliphatic carbocycles. The highest BCUT2D eigenvalue weighted by molar-refractivity contribution is 5.30. The molecule has 0 aliphatic heterocycles. The molecule has 0 amide bonds. The van der Waals surface area contributed by atoms with E-state index in [1.807, 2.05) is 0 Å². The number of aliphatic hydroxyl groups excluding tert-OH is 1. The summed E-state index contributed by atoms with van der Waals surface area (Å²) in [6.45, 7) is 1.44. The van der Waals surface area contributed by atoms with Crippen molar-refractivity contribution in [3.8, 4) is 0 Å². The number of nitrogens with two attached hydrogens (primary N) is 1. The summed E-state index contributed by atoms with van der Waals surface area (Å²) in [6.07, 6.45) is 0.295. The third-order valence-electron chi connectivity index (χ3n) is 2.19. The molecule has 0 heterocycles. The Kier molecular flexibility index (Phi) is 3.55. The van der Waals surface area contributed by atoms with E-state index in [4.69, 9.17) is 10.8 Å². The predicted octanol–water partition coefficient (Wildman–Crippen LogP) is 1.66.